The minimum atomic E-state index is -0.162. The highest BCUT2D eigenvalue weighted by atomic mass is 79.9. The third-order valence-electron chi connectivity index (χ3n) is 4.21. The summed E-state index contributed by atoms with van der Waals surface area (Å²) in [7, 11) is 0. The normalized spacial score (nSPS) is 16.3. The number of nitrogens with zero attached hydrogens (tertiary/aromatic N) is 1. The summed E-state index contributed by atoms with van der Waals surface area (Å²) in [5.41, 5.74) is 1.44. The lowest BCUT2D eigenvalue weighted by atomic mass is 10.00. The second kappa shape index (κ2) is 6.24. The second-order valence-corrected chi connectivity index (χ2v) is 6.64. The topological polar surface area (TPSA) is 51.2 Å². The fourth-order valence-electron chi connectivity index (χ4n) is 3.04. The summed E-state index contributed by atoms with van der Waals surface area (Å²) in [5.74, 6) is 0.658. The van der Waals surface area contributed by atoms with Crippen LogP contribution in [0.15, 0.2) is 59.2 Å². The van der Waals surface area contributed by atoms with E-state index in [1.807, 2.05) is 48.5 Å². The lowest BCUT2D eigenvalue weighted by Gasteiger charge is -2.27. The number of fused-ring (bicyclic) bond motifs is 2. The highest BCUT2D eigenvalue weighted by molar-refractivity contribution is 9.10. The Balaban J connectivity index is 1.67. The van der Waals surface area contributed by atoms with Crippen LogP contribution in [0.25, 0.3) is 10.8 Å². The molecule has 0 spiro atoms. The smallest absolute Gasteiger partial charge is 0.271 e. The minimum absolute atomic E-state index is 0.0838. The van der Waals surface area contributed by atoms with Crippen LogP contribution in [0.1, 0.15) is 28.5 Å². The van der Waals surface area contributed by atoms with Gasteiger partial charge in [-0.2, -0.15) is 0 Å². The lowest BCUT2D eigenvalue weighted by Crippen LogP contribution is -2.32. The molecule has 0 saturated carbocycles. The molecular weight excluding hydrogens is 368 g/mol. The Bertz CT molecular complexity index is 921. The Morgan fingerprint density at radius 1 is 1.21 bits per heavy atom. The predicted octanol–water partition coefficient (Wildman–Crippen LogP) is 4.25. The largest absolute Gasteiger partial charge is 0.493 e. The van der Waals surface area contributed by atoms with Gasteiger partial charge in [0.05, 0.1) is 12.6 Å². The highest BCUT2D eigenvalue weighted by Crippen LogP contribution is 2.34. The molecule has 0 radical (unpaired) electrons. The van der Waals surface area contributed by atoms with Crippen LogP contribution < -0.4 is 10.1 Å². The van der Waals surface area contributed by atoms with Gasteiger partial charge in [0.25, 0.3) is 5.91 Å². The molecule has 120 valence electrons. The van der Waals surface area contributed by atoms with Crippen LogP contribution in [0, 0.1) is 0 Å². The molecule has 2 aromatic carbocycles. The van der Waals surface area contributed by atoms with Gasteiger partial charge in [-0.3, -0.25) is 9.78 Å². The maximum absolute atomic E-state index is 12.8. The van der Waals surface area contributed by atoms with E-state index >= 15 is 0 Å². The summed E-state index contributed by atoms with van der Waals surface area (Å²) in [6.07, 6.45) is 2.41. The Labute approximate surface area is 148 Å². The van der Waals surface area contributed by atoms with Crippen molar-refractivity contribution in [3.05, 3.63) is 70.5 Å². The number of rotatable bonds is 2. The van der Waals surface area contributed by atoms with Crippen molar-refractivity contribution in [2.24, 2.45) is 0 Å². The van der Waals surface area contributed by atoms with E-state index in [9.17, 15) is 4.79 Å². The van der Waals surface area contributed by atoms with Crippen LogP contribution in [0.4, 0.5) is 0 Å². The molecule has 1 atom stereocenters. The van der Waals surface area contributed by atoms with Crippen LogP contribution in [-0.2, 0) is 0 Å². The van der Waals surface area contributed by atoms with Gasteiger partial charge in [-0.15, -0.1) is 0 Å². The van der Waals surface area contributed by atoms with Crippen LogP contribution in [0.5, 0.6) is 5.75 Å². The first-order valence-electron chi connectivity index (χ1n) is 7.79. The molecule has 2 heterocycles. The average molecular weight is 383 g/mol. The molecular formula is C19H15BrN2O2. The Morgan fingerprint density at radius 2 is 2.08 bits per heavy atom. The van der Waals surface area contributed by atoms with Crippen LogP contribution in [0.2, 0.25) is 0 Å². The summed E-state index contributed by atoms with van der Waals surface area (Å²) in [6.45, 7) is 0.586. The number of carbonyl (C=O) groups excluding carboxylic acids is 1. The van der Waals surface area contributed by atoms with E-state index in [1.54, 1.807) is 6.20 Å². The van der Waals surface area contributed by atoms with Gasteiger partial charge in [0, 0.05) is 28.0 Å². The van der Waals surface area contributed by atoms with Crippen molar-refractivity contribution in [1.82, 2.24) is 10.3 Å². The fraction of sp³-hybridized carbons (Fsp3) is 0.158. The number of benzene rings is 2. The van der Waals surface area contributed by atoms with Gasteiger partial charge in [-0.05, 0) is 29.7 Å². The van der Waals surface area contributed by atoms with Gasteiger partial charge in [0.2, 0.25) is 0 Å². The maximum Gasteiger partial charge on any atom is 0.271 e. The maximum atomic E-state index is 12.8. The number of amides is 1. The van der Waals surface area contributed by atoms with Gasteiger partial charge in [0.1, 0.15) is 11.4 Å². The minimum Gasteiger partial charge on any atom is -0.493 e. The molecule has 1 amide bonds. The van der Waals surface area contributed by atoms with Crippen molar-refractivity contribution in [2.45, 2.75) is 12.5 Å². The number of halogens is 1. The van der Waals surface area contributed by atoms with Crippen molar-refractivity contribution >= 4 is 32.6 Å². The molecule has 4 rings (SSSR count). The molecule has 0 saturated heterocycles. The van der Waals surface area contributed by atoms with Crippen molar-refractivity contribution in [3.63, 3.8) is 0 Å². The van der Waals surface area contributed by atoms with E-state index in [4.69, 9.17) is 4.74 Å². The number of hydrogen-bond donors (Lipinski definition) is 1. The standard InChI is InChI=1S/C19H15BrN2O2/c20-13-5-6-17-15(11-13)16(8-10-24-17)22-19(23)18-14-4-2-1-3-12(14)7-9-21-18/h1-7,9,11,16H,8,10H2,(H,22,23). The summed E-state index contributed by atoms with van der Waals surface area (Å²) in [5, 5.41) is 4.98. The third-order valence-corrected chi connectivity index (χ3v) is 4.70. The SMILES string of the molecule is O=C(NC1CCOc2ccc(Br)cc21)c1nccc2ccccc12. The third kappa shape index (κ3) is 2.76. The first-order valence-corrected chi connectivity index (χ1v) is 8.58. The summed E-state index contributed by atoms with van der Waals surface area (Å²) < 4.78 is 6.65. The number of aromatic nitrogens is 1. The Kier molecular flexibility index (Phi) is 3.94. The molecule has 1 N–H and O–H groups in total. The summed E-state index contributed by atoms with van der Waals surface area (Å²) in [6, 6.07) is 15.5. The van der Waals surface area contributed by atoms with Gasteiger partial charge in [0.15, 0.2) is 0 Å². The van der Waals surface area contributed by atoms with Crippen LogP contribution in [-0.4, -0.2) is 17.5 Å². The zero-order chi connectivity index (χ0) is 16.5. The van der Waals surface area contributed by atoms with Crippen LogP contribution in [0.3, 0.4) is 0 Å². The first kappa shape index (κ1) is 15.1. The predicted molar refractivity (Wildman–Crippen MR) is 96.2 cm³/mol. The Morgan fingerprint density at radius 3 is 3.00 bits per heavy atom. The highest BCUT2D eigenvalue weighted by Gasteiger charge is 2.24. The lowest BCUT2D eigenvalue weighted by molar-refractivity contribution is 0.0921. The zero-order valence-corrected chi connectivity index (χ0v) is 14.4. The van der Waals surface area contributed by atoms with E-state index in [2.05, 4.69) is 26.2 Å². The van der Waals surface area contributed by atoms with Gasteiger partial charge >= 0.3 is 0 Å². The number of carbonyl (C=O) groups is 1. The van der Waals surface area contributed by atoms with Gasteiger partial charge in [-0.25, -0.2) is 0 Å². The van der Waals surface area contributed by atoms with Crippen molar-refractivity contribution in [2.75, 3.05) is 6.61 Å². The van der Waals surface area contributed by atoms with E-state index < -0.39 is 0 Å². The molecule has 0 fully saturated rings. The van der Waals surface area contributed by atoms with E-state index in [-0.39, 0.29) is 11.9 Å². The van der Waals surface area contributed by atoms with Crippen molar-refractivity contribution < 1.29 is 9.53 Å². The quantitative estimate of drug-likeness (QED) is 0.720. The summed E-state index contributed by atoms with van der Waals surface area (Å²) >= 11 is 3.48. The second-order valence-electron chi connectivity index (χ2n) is 5.73. The molecule has 0 bridgehead atoms. The summed E-state index contributed by atoms with van der Waals surface area (Å²) in [4.78, 5) is 17.1. The van der Waals surface area contributed by atoms with Gasteiger partial charge in [-0.1, -0.05) is 40.2 Å². The number of ether oxygens (including phenoxy) is 1. The molecule has 1 unspecified atom stereocenters. The van der Waals surface area contributed by atoms with Crippen molar-refractivity contribution in [3.8, 4) is 5.75 Å². The molecule has 1 aliphatic rings. The molecule has 3 aromatic rings. The van der Waals surface area contributed by atoms with Crippen LogP contribution >= 0.6 is 15.9 Å². The van der Waals surface area contributed by atoms with E-state index in [0.29, 0.717) is 12.3 Å². The molecule has 24 heavy (non-hydrogen) atoms. The van der Waals surface area contributed by atoms with E-state index in [0.717, 1.165) is 33.0 Å². The first-order chi connectivity index (χ1) is 11.7. The van der Waals surface area contributed by atoms with Crippen molar-refractivity contribution in [1.29, 1.82) is 0 Å². The number of nitrogens with one attached hydrogen (secondary N) is 1. The fourth-order valence-corrected chi connectivity index (χ4v) is 3.42. The average Bonchev–Trinajstić information content (AvgIpc) is 2.61. The van der Waals surface area contributed by atoms with Gasteiger partial charge < -0.3 is 10.1 Å². The number of pyridine rings is 1. The molecule has 1 aromatic heterocycles. The molecule has 4 nitrogen and oxygen atoms in total. The molecule has 5 heteroatoms. The number of hydrogen-bond acceptors (Lipinski definition) is 3. The molecule has 1 aliphatic heterocycles. The zero-order valence-electron chi connectivity index (χ0n) is 12.8. The monoisotopic (exact) mass is 382 g/mol. The molecule has 0 aliphatic carbocycles. The Hall–Kier alpha value is -2.40. The van der Waals surface area contributed by atoms with E-state index in [1.165, 1.54) is 0 Å².